The molecule has 0 bridgehead atoms. The van der Waals surface area contributed by atoms with E-state index in [0.29, 0.717) is 23.2 Å². The molecular formula is C9H7N5O. The van der Waals surface area contributed by atoms with Crippen molar-refractivity contribution in [2.75, 3.05) is 5.73 Å². The van der Waals surface area contributed by atoms with Gasteiger partial charge in [0.1, 0.15) is 0 Å². The second-order valence-corrected chi connectivity index (χ2v) is 2.99. The zero-order valence-electron chi connectivity index (χ0n) is 7.66. The van der Waals surface area contributed by atoms with E-state index in [1.165, 1.54) is 4.52 Å². The number of hydrogen-bond acceptors (Lipinski definition) is 5. The first-order valence-electron chi connectivity index (χ1n) is 4.36. The van der Waals surface area contributed by atoms with Gasteiger partial charge in [0.2, 0.25) is 11.8 Å². The van der Waals surface area contributed by atoms with Crippen molar-refractivity contribution in [2.24, 2.45) is 0 Å². The highest BCUT2D eigenvalue weighted by molar-refractivity contribution is 5.53. The first-order chi connectivity index (χ1) is 7.34. The molecule has 0 fully saturated rings. The number of anilines is 1. The van der Waals surface area contributed by atoms with Gasteiger partial charge in [-0.2, -0.15) is 4.52 Å². The zero-order valence-corrected chi connectivity index (χ0v) is 7.66. The van der Waals surface area contributed by atoms with Crippen LogP contribution in [0.4, 0.5) is 5.95 Å². The molecule has 15 heavy (non-hydrogen) atoms. The Balaban J connectivity index is 2.27. The Hall–Kier alpha value is -2.37. The zero-order chi connectivity index (χ0) is 10.3. The summed E-state index contributed by atoms with van der Waals surface area (Å²) in [5.74, 6) is 1.41. The van der Waals surface area contributed by atoms with Gasteiger partial charge in [0.25, 0.3) is 0 Å². The fourth-order valence-electron chi connectivity index (χ4n) is 1.35. The van der Waals surface area contributed by atoms with Crippen LogP contribution < -0.4 is 5.73 Å². The van der Waals surface area contributed by atoms with E-state index >= 15 is 0 Å². The summed E-state index contributed by atoms with van der Waals surface area (Å²) >= 11 is 0. The molecule has 3 heterocycles. The molecule has 0 aromatic carbocycles. The van der Waals surface area contributed by atoms with Crippen LogP contribution in [0.1, 0.15) is 0 Å². The molecule has 2 N–H and O–H groups in total. The molecule has 3 rings (SSSR count). The molecule has 0 aliphatic rings. The second kappa shape index (κ2) is 2.81. The summed E-state index contributed by atoms with van der Waals surface area (Å²) in [4.78, 5) is 8.16. The van der Waals surface area contributed by atoms with Crippen LogP contribution in [0.2, 0.25) is 0 Å². The Bertz CT molecular complexity index is 598. The van der Waals surface area contributed by atoms with Gasteiger partial charge in [-0.15, -0.1) is 5.10 Å². The lowest BCUT2D eigenvalue weighted by molar-refractivity contribution is 0.577. The Kier molecular flexibility index (Phi) is 1.49. The second-order valence-electron chi connectivity index (χ2n) is 2.99. The van der Waals surface area contributed by atoms with Crippen LogP contribution in [-0.2, 0) is 0 Å². The van der Waals surface area contributed by atoms with E-state index in [1.807, 2.05) is 0 Å². The molecule has 74 valence electrons. The summed E-state index contributed by atoms with van der Waals surface area (Å²) in [6.07, 6.45) is 3.16. The van der Waals surface area contributed by atoms with E-state index in [4.69, 9.17) is 10.2 Å². The molecule has 0 radical (unpaired) electrons. The van der Waals surface area contributed by atoms with E-state index in [0.717, 1.165) is 0 Å². The fourth-order valence-corrected chi connectivity index (χ4v) is 1.35. The molecule has 3 aromatic heterocycles. The summed E-state index contributed by atoms with van der Waals surface area (Å²) in [5, 5.41) is 4.18. The van der Waals surface area contributed by atoms with E-state index in [1.54, 1.807) is 30.7 Å². The minimum absolute atomic E-state index is 0.304. The highest BCUT2D eigenvalue weighted by Crippen LogP contribution is 2.16. The maximum atomic E-state index is 5.64. The third-order valence-electron chi connectivity index (χ3n) is 2.02. The Labute approximate surface area is 84.4 Å². The summed E-state index contributed by atoms with van der Waals surface area (Å²) in [6, 6.07) is 5.30. The van der Waals surface area contributed by atoms with Gasteiger partial charge in [0.05, 0.1) is 6.26 Å². The summed E-state index contributed by atoms with van der Waals surface area (Å²) < 4.78 is 6.66. The van der Waals surface area contributed by atoms with Crippen LogP contribution in [0.15, 0.2) is 35.1 Å². The molecule has 0 spiro atoms. The van der Waals surface area contributed by atoms with E-state index in [9.17, 15) is 0 Å². The molecule has 0 unspecified atom stereocenters. The molecule has 0 aliphatic carbocycles. The van der Waals surface area contributed by atoms with Gasteiger partial charge in [-0.3, -0.25) is 0 Å². The van der Waals surface area contributed by atoms with Crippen LogP contribution in [0.25, 0.3) is 17.2 Å². The van der Waals surface area contributed by atoms with E-state index in [-0.39, 0.29) is 0 Å². The van der Waals surface area contributed by atoms with Crippen molar-refractivity contribution >= 4 is 11.6 Å². The average Bonchev–Trinajstić information content (AvgIpc) is 2.86. The highest BCUT2D eigenvalue weighted by Gasteiger charge is 2.09. The Morgan fingerprint density at radius 2 is 2.27 bits per heavy atom. The monoisotopic (exact) mass is 201 g/mol. The van der Waals surface area contributed by atoms with Crippen LogP contribution in [0, 0.1) is 0 Å². The quantitative estimate of drug-likeness (QED) is 0.634. The molecule has 0 saturated heterocycles. The van der Waals surface area contributed by atoms with Gasteiger partial charge >= 0.3 is 0 Å². The van der Waals surface area contributed by atoms with E-state index in [2.05, 4.69) is 15.1 Å². The Morgan fingerprint density at radius 1 is 1.33 bits per heavy atom. The van der Waals surface area contributed by atoms with Crippen LogP contribution in [-0.4, -0.2) is 19.6 Å². The average molecular weight is 201 g/mol. The van der Waals surface area contributed by atoms with Crippen molar-refractivity contribution in [3.8, 4) is 11.6 Å². The van der Waals surface area contributed by atoms with Gasteiger partial charge in [-0.1, -0.05) is 0 Å². The van der Waals surface area contributed by atoms with Crippen molar-refractivity contribution in [2.45, 2.75) is 0 Å². The molecule has 3 aromatic rings. The number of nitrogens with two attached hydrogens (primary N) is 1. The summed E-state index contributed by atoms with van der Waals surface area (Å²) in [7, 11) is 0. The van der Waals surface area contributed by atoms with Crippen LogP contribution in [0.5, 0.6) is 0 Å². The van der Waals surface area contributed by atoms with Crippen molar-refractivity contribution in [3.63, 3.8) is 0 Å². The van der Waals surface area contributed by atoms with Crippen LogP contribution >= 0.6 is 0 Å². The largest absolute Gasteiger partial charge is 0.461 e. The predicted molar refractivity (Wildman–Crippen MR) is 52.9 cm³/mol. The van der Waals surface area contributed by atoms with Gasteiger partial charge < -0.3 is 10.2 Å². The number of aromatic nitrogens is 4. The SMILES string of the molecule is Nc1nccc2nc(-c3ccco3)nn12. The van der Waals surface area contributed by atoms with Gasteiger partial charge in [-0.25, -0.2) is 9.97 Å². The van der Waals surface area contributed by atoms with Crippen molar-refractivity contribution in [1.29, 1.82) is 0 Å². The predicted octanol–water partition coefficient (Wildman–Crippen LogP) is 0.966. The number of rotatable bonds is 1. The fraction of sp³-hybridized carbons (Fsp3) is 0. The molecule has 6 heteroatoms. The third-order valence-corrected chi connectivity index (χ3v) is 2.02. The molecule has 0 saturated carbocycles. The van der Waals surface area contributed by atoms with Gasteiger partial charge in [-0.05, 0) is 12.1 Å². The highest BCUT2D eigenvalue weighted by atomic mass is 16.3. The normalized spacial score (nSPS) is 10.9. The molecule has 0 aliphatic heterocycles. The van der Waals surface area contributed by atoms with Gasteiger partial charge in [0.15, 0.2) is 11.4 Å². The molecule has 0 amide bonds. The summed E-state index contributed by atoms with van der Waals surface area (Å²) in [5.41, 5.74) is 6.29. The lowest BCUT2D eigenvalue weighted by Gasteiger charge is -1.92. The smallest absolute Gasteiger partial charge is 0.223 e. The number of fused-ring (bicyclic) bond motifs is 1. The molecule has 6 nitrogen and oxygen atoms in total. The van der Waals surface area contributed by atoms with Crippen LogP contribution in [0.3, 0.4) is 0 Å². The minimum Gasteiger partial charge on any atom is -0.461 e. The summed E-state index contributed by atoms with van der Waals surface area (Å²) in [6.45, 7) is 0. The minimum atomic E-state index is 0.304. The van der Waals surface area contributed by atoms with Crippen molar-refractivity contribution in [1.82, 2.24) is 19.6 Å². The maximum absolute atomic E-state index is 5.64. The van der Waals surface area contributed by atoms with Crippen molar-refractivity contribution < 1.29 is 4.42 Å². The Morgan fingerprint density at radius 3 is 3.00 bits per heavy atom. The topological polar surface area (TPSA) is 82.2 Å². The van der Waals surface area contributed by atoms with Crippen molar-refractivity contribution in [3.05, 3.63) is 30.7 Å². The first kappa shape index (κ1) is 7.98. The lowest BCUT2D eigenvalue weighted by atomic mass is 10.4. The van der Waals surface area contributed by atoms with Gasteiger partial charge in [0, 0.05) is 12.3 Å². The first-order valence-corrected chi connectivity index (χ1v) is 4.36. The number of nitrogen functional groups attached to an aromatic ring is 1. The number of nitrogens with zero attached hydrogens (tertiary/aromatic N) is 4. The third kappa shape index (κ3) is 1.15. The number of hydrogen-bond donors (Lipinski definition) is 1. The standard InChI is InChI=1S/C9H7N5O/c10-9-11-4-3-7-12-8(13-14(7)9)6-2-1-5-15-6/h1-5H,(H2,10,11). The number of furan rings is 1. The molecule has 0 atom stereocenters. The maximum Gasteiger partial charge on any atom is 0.223 e. The molecular weight excluding hydrogens is 194 g/mol. The lowest BCUT2D eigenvalue weighted by Crippen LogP contribution is -2.00. The van der Waals surface area contributed by atoms with E-state index < -0.39 is 0 Å².